The van der Waals surface area contributed by atoms with Crippen molar-refractivity contribution in [1.82, 2.24) is 5.01 Å². The predicted molar refractivity (Wildman–Crippen MR) is 210 cm³/mol. The fourth-order valence-electron chi connectivity index (χ4n) is 13.1. The Morgan fingerprint density at radius 2 is 1.91 bits per heavy atom. The standard InChI is InChI=1S/C23H29FO5.C20H24N2O4.C2H6/c1-20(2)28-18-9-14-13-8-16(24)15-7-12(26)5-6-21(15,3)19(13)17(27)10-22(14,4)23(18,11-25)29-20;1-3-10-24-19(23)25-15-5-4-12-11-14-13-6-8-20(13)16(7-9-21-22(14)2)26-18(15)17(12)20;1-2/h5-7,11,13-14,16-19,27H,8-10H2,1-4H3;4-5,9,13-14,16H,3,6-8,10-11H2,1-2H3;1-2H3/t13?,14?,16-,17?,18+,19?,21?,22?,23+;13?,14?,16-,20?;/m00./s1. The van der Waals surface area contributed by atoms with Crippen LogP contribution < -0.4 is 9.47 Å². The van der Waals surface area contributed by atoms with Gasteiger partial charge in [0.05, 0.1) is 24.9 Å². The molecule has 0 aromatic heterocycles. The number of carbonyl (C=O) groups excluding carboxylic acids is 3. The molecule has 310 valence electrons. The van der Waals surface area contributed by atoms with Gasteiger partial charge in [-0.25, -0.2) is 9.18 Å². The number of carbonyl (C=O) groups is 3. The van der Waals surface area contributed by atoms with Crippen molar-refractivity contribution in [2.45, 2.75) is 147 Å². The van der Waals surface area contributed by atoms with Crippen LogP contribution >= 0.6 is 0 Å². The molecule has 5 fully saturated rings. The maximum absolute atomic E-state index is 15.3. The van der Waals surface area contributed by atoms with E-state index in [1.54, 1.807) is 19.9 Å². The summed E-state index contributed by atoms with van der Waals surface area (Å²) in [6.07, 6.45) is 10.6. The lowest BCUT2D eigenvalue weighted by molar-refractivity contribution is -0.221. The molecule has 57 heavy (non-hydrogen) atoms. The Labute approximate surface area is 335 Å². The highest BCUT2D eigenvalue weighted by molar-refractivity contribution is 6.01. The summed E-state index contributed by atoms with van der Waals surface area (Å²) >= 11 is 0. The van der Waals surface area contributed by atoms with Gasteiger partial charge in [-0.05, 0) is 106 Å². The quantitative estimate of drug-likeness (QED) is 0.190. The Balaban J connectivity index is 0.000000154. The molecule has 3 heterocycles. The maximum atomic E-state index is 15.3. The van der Waals surface area contributed by atoms with E-state index >= 15 is 4.39 Å². The number of aliphatic hydroxyl groups is 1. The van der Waals surface area contributed by atoms with Crippen LogP contribution in [0.2, 0.25) is 0 Å². The summed E-state index contributed by atoms with van der Waals surface area (Å²) in [5.41, 5.74) is 0.630. The fourth-order valence-corrected chi connectivity index (χ4v) is 13.1. The van der Waals surface area contributed by atoms with Crippen LogP contribution in [-0.4, -0.2) is 90.1 Å². The van der Waals surface area contributed by atoms with Crippen LogP contribution in [0.25, 0.3) is 0 Å². The zero-order chi connectivity index (χ0) is 40.9. The van der Waals surface area contributed by atoms with Crippen LogP contribution in [0.15, 0.2) is 41.0 Å². The zero-order valence-corrected chi connectivity index (χ0v) is 34.6. The van der Waals surface area contributed by atoms with Gasteiger partial charge in [0.2, 0.25) is 0 Å². The van der Waals surface area contributed by atoms with Crippen LogP contribution in [0.4, 0.5) is 9.18 Å². The van der Waals surface area contributed by atoms with Gasteiger partial charge in [0.1, 0.15) is 12.3 Å². The maximum Gasteiger partial charge on any atom is 0.513 e. The van der Waals surface area contributed by atoms with Gasteiger partial charge in [0.15, 0.2) is 35.0 Å². The van der Waals surface area contributed by atoms with Crippen molar-refractivity contribution in [3.8, 4) is 11.5 Å². The number of likely N-dealkylation sites (N-methyl/N-ethyl adjacent to an activating group) is 1. The van der Waals surface area contributed by atoms with E-state index in [0.29, 0.717) is 42.7 Å². The van der Waals surface area contributed by atoms with Gasteiger partial charge in [-0.15, -0.1) is 0 Å². The highest BCUT2D eigenvalue weighted by Crippen LogP contribution is 2.70. The van der Waals surface area contributed by atoms with Crippen molar-refractivity contribution in [2.24, 2.45) is 39.6 Å². The zero-order valence-electron chi connectivity index (χ0n) is 34.6. The normalized spacial score (nSPS) is 42.9. The molecule has 1 spiro atoms. The lowest BCUT2D eigenvalue weighted by Crippen LogP contribution is -2.62. The van der Waals surface area contributed by atoms with E-state index in [2.05, 4.69) is 23.2 Å². The molecule has 1 saturated heterocycles. The summed E-state index contributed by atoms with van der Waals surface area (Å²) in [4.78, 5) is 36.3. The minimum Gasteiger partial charge on any atom is -0.485 e. The predicted octanol–water partition coefficient (Wildman–Crippen LogP) is 7.21. The number of ether oxygens (including phenoxy) is 5. The molecule has 2 bridgehead atoms. The first-order valence-corrected chi connectivity index (χ1v) is 21.2. The number of alkyl halides is 1. The SMILES string of the molecule is CC.CC1(C)O[C@@H]2CC3C4C[C@H](F)C5=CC(=O)C=CC5(C)C4C(O)CC3(C)[C@]2(C=O)O1.CCCOC(=O)Oc1ccc2c3c1O[C@H]1CC=NN(C)C(C2)C2CCC321. The monoisotopic (exact) mass is 790 g/mol. The Morgan fingerprint density at radius 3 is 2.61 bits per heavy atom. The van der Waals surface area contributed by atoms with E-state index in [0.717, 1.165) is 37.7 Å². The van der Waals surface area contributed by atoms with Crippen LogP contribution in [0.1, 0.15) is 105 Å². The summed E-state index contributed by atoms with van der Waals surface area (Å²) in [5.74, 6) is 0.367. The van der Waals surface area contributed by atoms with Gasteiger partial charge in [-0.2, -0.15) is 5.10 Å². The number of allylic oxidation sites excluding steroid dienone is 4. The Bertz CT molecular complexity index is 1910. The van der Waals surface area contributed by atoms with Crippen LogP contribution in [0.5, 0.6) is 11.5 Å². The molecule has 3 aliphatic heterocycles. The molecule has 9 unspecified atom stereocenters. The third-order valence-electron chi connectivity index (χ3n) is 15.3. The van der Waals surface area contributed by atoms with Crippen molar-refractivity contribution in [3.05, 3.63) is 47.1 Å². The summed E-state index contributed by atoms with van der Waals surface area (Å²) in [6, 6.07) is 4.35. The molecular formula is C45H59FN2O9. The van der Waals surface area contributed by atoms with Gasteiger partial charge >= 0.3 is 6.16 Å². The van der Waals surface area contributed by atoms with Gasteiger partial charge in [0.25, 0.3) is 0 Å². The molecule has 10 rings (SSSR count). The molecule has 0 amide bonds. The Hall–Kier alpha value is -3.61. The van der Waals surface area contributed by atoms with E-state index in [1.165, 1.54) is 29.7 Å². The summed E-state index contributed by atoms with van der Waals surface area (Å²) in [6.45, 7) is 13.8. The van der Waals surface area contributed by atoms with Crippen molar-refractivity contribution in [1.29, 1.82) is 0 Å². The summed E-state index contributed by atoms with van der Waals surface area (Å²) < 4.78 is 44.7. The minimum absolute atomic E-state index is 0.00940. The van der Waals surface area contributed by atoms with Crippen molar-refractivity contribution < 1.29 is 47.6 Å². The molecular weight excluding hydrogens is 731 g/mol. The largest absolute Gasteiger partial charge is 0.513 e. The molecule has 13 atom stereocenters. The molecule has 1 aromatic rings. The second kappa shape index (κ2) is 14.0. The third kappa shape index (κ3) is 5.65. The number of ketones is 1. The number of benzene rings is 1. The number of hydrogen-bond donors (Lipinski definition) is 1. The van der Waals surface area contributed by atoms with Crippen LogP contribution in [-0.2, 0) is 35.6 Å². The molecule has 12 heteroatoms. The van der Waals surface area contributed by atoms with Gasteiger partial charge in [-0.3, -0.25) is 14.6 Å². The minimum atomic E-state index is -1.24. The van der Waals surface area contributed by atoms with E-state index in [4.69, 9.17) is 23.7 Å². The second-order valence-electron chi connectivity index (χ2n) is 18.4. The first-order chi connectivity index (χ1) is 27.1. The number of aldehydes is 1. The number of hydrogen-bond acceptors (Lipinski definition) is 11. The van der Waals surface area contributed by atoms with E-state index in [-0.39, 0.29) is 41.5 Å². The van der Waals surface area contributed by atoms with Crippen molar-refractivity contribution in [3.63, 3.8) is 0 Å². The molecule has 1 aromatic carbocycles. The van der Waals surface area contributed by atoms with E-state index in [1.807, 2.05) is 46.9 Å². The van der Waals surface area contributed by atoms with Gasteiger partial charge < -0.3 is 28.8 Å². The molecule has 0 radical (unpaired) electrons. The fraction of sp³-hybridized carbons (Fsp3) is 0.689. The number of fused-ring (bicyclic) bond motifs is 7. The Morgan fingerprint density at radius 1 is 1.14 bits per heavy atom. The number of hydrazone groups is 1. The topological polar surface area (TPSA) is 133 Å². The summed E-state index contributed by atoms with van der Waals surface area (Å²) in [5, 5.41) is 18.1. The van der Waals surface area contributed by atoms with Gasteiger partial charge in [-0.1, -0.05) is 46.8 Å². The highest BCUT2D eigenvalue weighted by Gasteiger charge is 2.75. The number of rotatable bonds is 4. The Kier molecular flexibility index (Phi) is 9.87. The molecule has 11 nitrogen and oxygen atoms in total. The average Bonchev–Trinajstić information content (AvgIpc) is 3.74. The highest BCUT2D eigenvalue weighted by atomic mass is 19.1. The lowest BCUT2D eigenvalue weighted by atomic mass is 9.46. The van der Waals surface area contributed by atoms with Crippen molar-refractivity contribution in [2.75, 3.05) is 13.7 Å². The van der Waals surface area contributed by atoms with Gasteiger partial charge in [0, 0.05) is 47.4 Å². The lowest BCUT2D eigenvalue weighted by Gasteiger charge is -2.60. The average molecular weight is 791 g/mol. The first kappa shape index (κ1) is 40.2. The number of nitrogens with zero attached hydrogens (tertiary/aromatic N) is 2. The number of aliphatic hydroxyl groups excluding tert-OH is 1. The first-order valence-electron chi connectivity index (χ1n) is 21.2. The summed E-state index contributed by atoms with van der Waals surface area (Å²) in [7, 11) is 2.08. The van der Waals surface area contributed by atoms with Crippen molar-refractivity contribution >= 4 is 24.4 Å². The van der Waals surface area contributed by atoms with Crippen LogP contribution in [0.3, 0.4) is 0 Å². The second-order valence-corrected chi connectivity index (χ2v) is 18.4. The molecule has 9 aliphatic rings. The molecule has 4 saturated carbocycles. The molecule has 1 N–H and O–H groups in total. The third-order valence-corrected chi connectivity index (χ3v) is 15.3. The van der Waals surface area contributed by atoms with E-state index in [9.17, 15) is 19.5 Å². The van der Waals surface area contributed by atoms with E-state index < -0.39 is 46.8 Å². The van der Waals surface area contributed by atoms with Crippen LogP contribution in [0, 0.1) is 34.5 Å². The smallest absolute Gasteiger partial charge is 0.485 e. The molecule has 6 aliphatic carbocycles. The number of halogens is 1.